The predicted molar refractivity (Wildman–Crippen MR) is 333 cm³/mol. The average molecular weight is 1280 g/mol. The predicted octanol–water partition coefficient (Wildman–Crippen LogP) is 23.7. The lowest BCUT2D eigenvalue weighted by Gasteiger charge is -2.56. The van der Waals surface area contributed by atoms with Gasteiger partial charge in [0.05, 0.1) is 0 Å². The van der Waals surface area contributed by atoms with Crippen LogP contribution in [0.2, 0.25) is 0 Å². The quantitative estimate of drug-likeness (QED) is 0.120. The van der Waals surface area contributed by atoms with Gasteiger partial charge in [0.2, 0.25) is 0 Å². The summed E-state index contributed by atoms with van der Waals surface area (Å²) in [6, 6.07) is 0. The lowest BCUT2D eigenvalue weighted by Crippen LogP contribution is -1.68. The highest BCUT2D eigenvalue weighted by molar-refractivity contribution is 9.48. The normalized spacial score (nSPS) is 15.8. The third kappa shape index (κ3) is 20.4. The van der Waals surface area contributed by atoms with Crippen LogP contribution in [-0.4, -0.2) is 0 Å². The standard InChI is InChI=1S/H40P40/c1-22(2)32(21)37(31(19)20)40(38(33(23(3)4)24(5)6)34(25(7)8)26(9)10)39(35(27(11)12)28(13)14)36(29(15)16)30(17)18/h1-2H,3-21H2. The van der Waals surface area contributed by atoms with Crippen molar-refractivity contribution in [1.82, 2.24) is 0 Å². The molecule has 0 aromatic carbocycles. The minimum absolute atomic E-state index is 0.0671. The van der Waals surface area contributed by atoms with Crippen LogP contribution < -0.4 is 0 Å². The molecule has 40 heavy (non-hydrogen) atoms. The fourth-order valence-corrected chi connectivity index (χ4v) is 540. The average Bonchev–Trinajstić information content (AvgIpc) is 2.73. The molecule has 0 aliphatic heterocycles. The molecule has 0 aromatic rings. The van der Waals surface area contributed by atoms with E-state index in [1.54, 1.807) is 0 Å². The summed E-state index contributed by atoms with van der Waals surface area (Å²) >= 11 is 0. The largest absolute Gasteiger partial charge is 0.102 e. The summed E-state index contributed by atoms with van der Waals surface area (Å²) in [4.78, 5) is 0. The van der Waals surface area contributed by atoms with Crippen molar-refractivity contribution in [2.24, 2.45) is 0 Å². The Hall–Kier alpha value is 17.2. The molecule has 0 N–H and O–H groups in total. The SMILES string of the molecule is [PH]P([PH])P(P)P(P(P)P)P(P(P(P(P)P)P(P)P)P(P(P)P)P(P)P)P(P(P(P)P)P(P)P)P(P(P)P)P(P)P. The molecule has 240 valence electrons. The molecule has 21 unspecified atom stereocenters. The first-order valence-electron chi connectivity index (χ1n) is 8.95. The topological polar surface area (TPSA) is 0 Å². The Balaban J connectivity index is 8.34. The van der Waals surface area contributed by atoms with Crippen molar-refractivity contribution in [2.45, 2.75) is 0 Å². The van der Waals surface area contributed by atoms with Crippen molar-refractivity contribution < 1.29 is 0 Å². The van der Waals surface area contributed by atoms with E-state index in [1.165, 1.54) is 0 Å². The van der Waals surface area contributed by atoms with Gasteiger partial charge < -0.3 is 0 Å². The Kier molecular flexibility index (Phi) is 44.5. The van der Waals surface area contributed by atoms with E-state index in [4.69, 9.17) is 0 Å². The molecule has 2 radical (unpaired) electrons. The number of hydrogen-bond donors (Lipinski definition) is 0. The number of hydrogen-bond acceptors (Lipinski definition) is 0. The summed E-state index contributed by atoms with van der Waals surface area (Å²) in [6.45, 7) is -2.48. The highest BCUT2D eigenvalue weighted by atomic mass is 33.5. The van der Waals surface area contributed by atoms with E-state index in [2.05, 4.69) is 187 Å². The first-order chi connectivity index (χ1) is 18.1. The Morgan fingerprint density at radius 2 is 0.375 bits per heavy atom. The summed E-state index contributed by atoms with van der Waals surface area (Å²) in [5.74, 6) is 0. The van der Waals surface area contributed by atoms with Crippen LogP contribution in [-0.2, 0) is 0 Å². The molecule has 0 fully saturated rings. The highest BCUT2D eigenvalue weighted by Gasteiger charge is 2.55. The van der Waals surface area contributed by atoms with E-state index in [0.29, 0.717) is 0 Å². The van der Waals surface area contributed by atoms with Crippen molar-refractivity contribution >= 4 is 320 Å². The van der Waals surface area contributed by atoms with Crippen molar-refractivity contribution in [1.29, 1.82) is 0 Å². The molecule has 0 aromatic heterocycles. The van der Waals surface area contributed by atoms with Crippen LogP contribution in [0.1, 0.15) is 0 Å². The Morgan fingerprint density at radius 3 is 0.500 bits per heavy atom. The summed E-state index contributed by atoms with van der Waals surface area (Å²) in [5, 5.41) is 0. The van der Waals surface area contributed by atoms with E-state index in [-0.39, 0.29) is 133 Å². The molecule has 0 aliphatic carbocycles. The summed E-state index contributed by atoms with van der Waals surface area (Å²) in [6.07, 6.45) is 0. The van der Waals surface area contributed by atoms with Crippen LogP contribution in [0.25, 0.3) is 0 Å². The zero-order valence-corrected chi connectivity index (χ0v) is 61.4. The van der Waals surface area contributed by atoms with E-state index >= 15 is 0 Å². The molecular formula is H40P40. The van der Waals surface area contributed by atoms with Crippen molar-refractivity contribution in [3.05, 3.63) is 0 Å². The molecule has 40 heteroatoms. The zero-order chi connectivity index (χ0) is 32.0. The van der Waals surface area contributed by atoms with Crippen LogP contribution in [0, 0.1) is 0 Å². The third-order valence-electron chi connectivity index (χ3n) is 3.37. The van der Waals surface area contributed by atoms with Crippen molar-refractivity contribution in [3.63, 3.8) is 0 Å². The van der Waals surface area contributed by atoms with Crippen molar-refractivity contribution in [2.75, 3.05) is 0 Å². The van der Waals surface area contributed by atoms with Gasteiger partial charge in [-0.05, 0) is 133 Å². The second kappa shape index (κ2) is 31.1. The molecule has 0 spiro atoms. The van der Waals surface area contributed by atoms with Gasteiger partial charge in [-0.3, -0.25) is 0 Å². The molecule has 0 bridgehead atoms. The highest BCUT2D eigenvalue weighted by Crippen LogP contribution is 3.43. The van der Waals surface area contributed by atoms with Crippen molar-refractivity contribution in [3.8, 4) is 0 Å². The van der Waals surface area contributed by atoms with Crippen LogP contribution in [0.15, 0.2) is 0 Å². The lowest BCUT2D eigenvalue weighted by molar-refractivity contribution is 4.38. The van der Waals surface area contributed by atoms with E-state index < -0.39 is 0 Å². The van der Waals surface area contributed by atoms with E-state index in [9.17, 15) is 0 Å². The first-order valence-corrected chi connectivity index (χ1v) is 80.6. The molecule has 21 atom stereocenters. The lowest BCUT2D eigenvalue weighted by atomic mass is 28.4. The Bertz CT molecular complexity index is 529. The zero-order valence-electron chi connectivity index (χ0n) is 20.5. The molecule has 0 aliphatic rings. The summed E-state index contributed by atoms with van der Waals surface area (Å²) in [5.41, 5.74) is 0. The van der Waals surface area contributed by atoms with Gasteiger partial charge in [0.25, 0.3) is 0 Å². The van der Waals surface area contributed by atoms with Gasteiger partial charge in [-0.25, -0.2) is 0 Å². The van der Waals surface area contributed by atoms with Crippen LogP contribution >= 0.6 is 320 Å². The van der Waals surface area contributed by atoms with Gasteiger partial charge in [0.1, 0.15) is 0 Å². The Labute approximate surface area is 316 Å². The molecule has 0 amide bonds. The third-order valence-corrected chi connectivity index (χ3v) is 273. The maximum Gasteiger partial charge on any atom is -0.000138 e. The Morgan fingerprint density at radius 1 is 0.225 bits per heavy atom. The second-order valence-electron chi connectivity index (χ2n) is 6.20. The van der Waals surface area contributed by atoms with Gasteiger partial charge in [-0.15, -0.1) is 170 Å². The minimum Gasteiger partial charge on any atom is -0.102 e. The smallest absolute Gasteiger partial charge is 0.000138 e. The van der Waals surface area contributed by atoms with Gasteiger partial charge >= 0.3 is 0 Å². The van der Waals surface area contributed by atoms with Crippen LogP contribution in [0.3, 0.4) is 0 Å². The molecule has 0 heterocycles. The molecule has 0 rings (SSSR count). The van der Waals surface area contributed by atoms with Crippen LogP contribution in [0.5, 0.6) is 0 Å². The molecular weight excluding hydrogens is 1240 g/mol. The van der Waals surface area contributed by atoms with E-state index in [1.807, 2.05) is 0 Å². The fourth-order valence-electron chi connectivity index (χ4n) is 2.22. The maximum absolute atomic E-state index is 4.22. The van der Waals surface area contributed by atoms with E-state index in [0.717, 1.165) is 0 Å². The second-order valence-corrected chi connectivity index (χ2v) is 167. The van der Waals surface area contributed by atoms with Gasteiger partial charge in [-0.1, -0.05) is 17.9 Å². The first kappa shape index (κ1) is 57.2. The number of rotatable bonds is 18. The molecule has 0 saturated heterocycles. The van der Waals surface area contributed by atoms with Gasteiger partial charge in [-0.2, -0.15) is 0 Å². The maximum atomic E-state index is 4.22. The fraction of sp³-hybridized carbons (Fsp3) is 0. The van der Waals surface area contributed by atoms with Gasteiger partial charge in [0.15, 0.2) is 0 Å². The minimum atomic E-state index is -0.333. The molecule has 0 nitrogen and oxygen atoms in total. The summed E-state index contributed by atoms with van der Waals surface area (Å²) in [7, 11) is 72.8. The van der Waals surface area contributed by atoms with Gasteiger partial charge in [0, 0.05) is 0 Å². The summed E-state index contributed by atoms with van der Waals surface area (Å²) < 4.78 is 0. The monoisotopic (exact) mass is 1280 g/mol. The van der Waals surface area contributed by atoms with Crippen LogP contribution in [0.4, 0.5) is 0 Å². The molecule has 0 saturated carbocycles.